The van der Waals surface area contributed by atoms with Crippen LogP contribution in [0.5, 0.6) is 11.5 Å². The number of aromatic nitrogens is 1. The quantitative estimate of drug-likeness (QED) is 0.578. The van der Waals surface area contributed by atoms with Crippen molar-refractivity contribution in [2.75, 3.05) is 17.4 Å². The molecule has 1 aliphatic rings. The van der Waals surface area contributed by atoms with Crippen LogP contribution < -0.4 is 25.8 Å². The molecule has 0 unspecified atom stereocenters. The summed E-state index contributed by atoms with van der Waals surface area (Å²) in [5, 5.41) is 5.44. The van der Waals surface area contributed by atoms with Crippen LogP contribution in [0.15, 0.2) is 54.7 Å². The molecule has 0 fully saturated rings. The van der Waals surface area contributed by atoms with Crippen LogP contribution in [0, 0.1) is 5.82 Å². The number of anilines is 3. The third-order valence-electron chi connectivity index (χ3n) is 4.39. The van der Waals surface area contributed by atoms with Crippen molar-refractivity contribution in [2.45, 2.75) is 6.42 Å². The van der Waals surface area contributed by atoms with Crippen molar-refractivity contribution in [1.29, 1.82) is 0 Å². The van der Waals surface area contributed by atoms with Crippen LogP contribution in [-0.4, -0.2) is 23.6 Å². The topological polar surface area (TPSA) is 116 Å². The number of nitrogens with zero attached hydrogens (tertiary/aromatic N) is 1. The average molecular weight is 408 g/mol. The van der Waals surface area contributed by atoms with E-state index >= 15 is 0 Å². The third-order valence-corrected chi connectivity index (χ3v) is 4.39. The molecule has 4 rings (SSSR count). The maximum absolute atomic E-state index is 14.2. The minimum absolute atomic E-state index is 0.0390. The van der Waals surface area contributed by atoms with Gasteiger partial charge in [-0.05, 0) is 29.8 Å². The predicted molar refractivity (Wildman–Crippen MR) is 107 cm³/mol. The van der Waals surface area contributed by atoms with E-state index in [2.05, 4.69) is 15.6 Å². The first kappa shape index (κ1) is 19.2. The number of halogens is 1. The van der Waals surface area contributed by atoms with Crippen molar-refractivity contribution < 1.29 is 23.5 Å². The first-order valence-corrected chi connectivity index (χ1v) is 8.99. The Morgan fingerprint density at radius 2 is 1.87 bits per heavy atom. The van der Waals surface area contributed by atoms with Crippen molar-refractivity contribution in [3.05, 3.63) is 71.7 Å². The Labute approximate surface area is 170 Å². The summed E-state index contributed by atoms with van der Waals surface area (Å²) in [6.07, 6.45) is 1.05. The molecule has 2 aromatic carbocycles. The molecule has 0 aliphatic carbocycles. The Morgan fingerprint density at radius 1 is 1.07 bits per heavy atom. The minimum atomic E-state index is -0.650. The second-order valence-electron chi connectivity index (χ2n) is 6.50. The lowest BCUT2D eigenvalue weighted by Gasteiger charge is -2.12. The lowest BCUT2D eigenvalue weighted by atomic mass is 10.1. The van der Waals surface area contributed by atoms with Crippen LogP contribution in [0.1, 0.15) is 15.9 Å². The summed E-state index contributed by atoms with van der Waals surface area (Å²) in [5.41, 5.74) is 6.67. The van der Waals surface area contributed by atoms with Gasteiger partial charge >= 0.3 is 0 Å². The van der Waals surface area contributed by atoms with Crippen molar-refractivity contribution in [1.82, 2.24) is 4.98 Å². The van der Waals surface area contributed by atoms with Crippen LogP contribution in [0.3, 0.4) is 0 Å². The molecule has 4 N–H and O–H groups in total. The molecule has 1 aromatic heterocycles. The number of rotatable bonds is 6. The van der Waals surface area contributed by atoms with Gasteiger partial charge in [-0.2, -0.15) is 0 Å². The second kappa shape index (κ2) is 8.08. The smallest absolute Gasteiger partial charge is 0.250 e. The van der Waals surface area contributed by atoms with Crippen LogP contribution in [0.4, 0.5) is 21.6 Å². The van der Waals surface area contributed by atoms with E-state index < -0.39 is 11.7 Å². The van der Waals surface area contributed by atoms with Crippen molar-refractivity contribution in [3.8, 4) is 11.5 Å². The van der Waals surface area contributed by atoms with Gasteiger partial charge in [0.15, 0.2) is 17.3 Å². The Morgan fingerprint density at radius 3 is 2.70 bits per heavy atom. The number of fused-ring (bicyclic) bond motifs is 1. The molecule has 2 amide bonds. The number of pyridine rings is 1. The summed E-state index contributed by atoms with van der Waals surface area (Å²) in [6.45, 7) is 0.152. The number of nitrogens with two attached hydrogens (primary N) is 1. The maximum atomic E-state index is 14.2. The highest BCUT2D eigenvalue weighted by Gasteiger charge is 2.16. The third kappa shape index (κ3) is 4.14. The van der Waals surface area contributed by atoms with Gasteiger partial charge in [0.1, 0.15) is 5.82 Å². The number of nitrogens with one attached hydrogen (secondary N) is 2. The van der Waals surface area contributed by atoms with E-state index in [4.69, 9.17) is 15.2 Å². The SMILES string of the molecule is NC(=O)c1ccccc1Nc1cc(NC(=O)Cc2ccc3c(c2)OCO3)ncc1F. The molecule has 1 aliphatic heterocycles. The average Bonchev–Trinajstić information content (AvgIpc) is 3.18. The van der Waals surface area contributed by atoms with E-state index in [1.165, 1.54) is 12.1 Å². The summed E-state index contributed by atoms with van der Waals surface area (Å²) in [4.78, 5) is 27.8. The van der Waals surface area contributed by atoms with Crippen LogP contribution in [0.25, 0.3) is 0 Å². The van der Waals surface area contributed by atoms with E-state index in [1.54, 1.807) is 36.4 Å². The van der Waals surface area contributed by atoms with E-state index in [0.717, 1.165) is 11.8 Å². The molecular formula is C21H17FN4O4. The molecule has 0 radical (unpaired) electrons. The van der Waals surface area contributed by atoms with Gasteiger partial charge in [-0.15, -0.1) is 0 Å². The fraction of sp³-hybridized carbons (Fsp3) is 0.0952. The zero-order valence-corrected chi connectivity index (χ0v) is 15.6. The standard InChI is InChI=1S/C21H17FN4O4/c22-14-10-24-19(9-16(14)25-15-4-2-1-3-13(15)21(23)28)26-20(27)8-12-5-6-17-18(7-12)30-11-29-17/h1-7,9-10H,8,11H2,(H2,23,28)(H2,24,25,26,27). The molecule has 152 valence electrons. The van der Waals surface area contributed by atoms with Crippen LogP contribution in [-0.2, 0) is 11.2 Å². The summed E-state index contributed by atoms with van der Waals surface area (Å²) < 4.78 is 24.8. The van der Waals surface area contributed by atoms with Gasteiger partial charge in [0.05, 0.1) is 29.6 Å². The zero-order valence-electron chi connectivity index (χ0n) is 15.6. The minimum Gasteiger partial charge on any atom is -0.454 e. The lowest BCUT2D eigenvalue weighted by molar-refractivity contribution is -0.115. The second-order valence-corrected chi connectivity index (χ2v) is 6.50. The van der Waals surface area contributed by atoms with Crippen molar-refractivity contribution >= 4 is 29.0 Å². The van der Waals surface area contributed by atoms with Gasteiger partial charge in [0.25, 0.3) is 5.91 Å². The van der Waals surface area contributed by atoms with Crippen LogP contribution in [0.2, 0.25) is 0 Å². The van der Waals surface area contributed by atoms with Gasteiger partial charge < -0.3 is 25.8 Å². The van der Waals surface area contributed by atoms with Gasteiger partial charge in [-0.25, -0.2) is 9.37 Å². The molecular weight excluding hydrogens is 391 g/mol. The highest BCUT2D eigenvalue weighted by molar-refractivity contribution is 5.99. The fourth-order valence-corrected chi connectivity index (χ4v) is 2.98. The van der Waals surface area contributed by atoms with Gasteiger partial charge in [-0.3, -0.25) is 9.59 Å². The number of carbonyl (C=O) groups is 2. The lowest BCUT2D eigenvalue weighted by Crippen LogP contribution is -2.16. The largest absolute Gasteiger partial charge is 0.454 e. The van der Waals surface area contributed by atoms with Crippen LogP contribution >= 0.6 is 0 Å². The molecule has 0 saturated heterocycles. The fourth-order valence-electron chi connectivity index (χ4n) is 2.98. The Hall–Kier alpha value is -4.14. The number of amides is 2. The molecule has 3 aromatic rings. The summed E-state index contributed by atoms with van der Waals surface area (Å²) in [7, 11) is 0. The highest BCUT2D eigenvalue weighted by atomic mass is 19.1. The Kier molecular flexibility index (Phi) is 5.17. The van der Waals surface area contributed by atoms with E-state index in [0.29, 0.717) is 17.2 Å². The number of para-hydroxylation sites is 1. The Bertz CT molecular complexity index is 1140. The van der Waals surface area contributed by atoms with Gasteiger partial charge in [-0.1, -0.05) is 18.2 Å². The molecule has 0 atom stereocenters. The number of primary amides is 1. The van der Waals surface area contributed by atoms with Gasteiger partial charge in [0.2, 0.25) is 12.7 Å². The predicted octanol–water partition coefficient (Wildman–Crippen LogP) is 2.97. The zero-order chi connectivity index (χ0) is 21.1. The van der Waals surface area contributed by atoms with E-state index in [1.807, 2.05) is 0 Å². The summed E-state index contributed by atoms with van der Waals surface area (Å²) in [5.74, 6) is -0.267. The molecule has 9 heteroatoms. The van der Waals surface area contributed by atoms with Crippen molar-refractivity contribution in [3.63, 3.8) is 0 Å². The first-order valence-electron chi connectivity index (χ1n) is 8.99. The van der Waals surface area contributed by atoms with E-state index in [9.17, 15) is 14.0 Å². The number of benzene rings is 2. The molecule has 0 spiro atoms. The number of carbonyl (C=O) groups excluding carboxylic acids is 2. The number of hydrogen-bond acceptors (Lipinski definition) is 6. The normalized spacial score (nSPS) is 11.8. The number of hydrogen-bond donors (Lipinski definition) is 3. The monoisotopic (exact) mass is 408 g/mol. The maximum Gasteiger partial charge on any atom is 0.250 e. The molecule has 0 saturated carbocycles. The van der Waals surface area contributed by atoms with Crippen molar-refractivity contribution in [2.24, 2.45) is 5.73 Å². The molecule has 8 nitrogen and oxygen atoms in total. The first-order chi connectivity index (χ1) is 14.5. The molecule has 2 heterocycles. The summed E-state index contributed by atoms with van der Waals surface area (Å²) in [6, 6.07) is 13.0. The molecule has 30 heavy (non-hydrogen) atoms. The Balaban J connectivity index is 1.48. The summed E-state index contributed by atoms with van der Waals surface area (Å²) >= 11 is 0. The van der Waals surface area contributed by atoms with E-state index in [-0.39, 0.29) is 36.2 Å². The number of ether oxygens (including phenoxy) is 2. The molecule has 0 bridgehead atoms. The highest BCUT2D eigenvalue weighted by Crippen LogP contribution is 2.32. The van der Waals surface area contributed by atoms with Gasteiger partial charge in [0, 0.05) is 6.07 Å².